The average Bonchev–Trinajstić information content (AvgIpc) is 2.89. The number of carbonyl (C=O) groups excluding carboxylic acids is 1. The Kier molecular flexibility index (Phi) is 3.75. The Hall–Kier alpha value is -2.14. The molecule has 1 heterocycles. The highest BCUT2D eigenvalue weighted by Crippen LogP contribution is 2.21. The van der Waals surface area contributed by atoms with Crippen LogP contribution in [-0.2, 0) is 13.6 Å². The molecule has 4 nitrogen and oxygen atoms in total. The largest absolute Gasteiger partial charge is 0.345 e. The molecular weight excluding hydrogens is 330 g/mol. The SMILES string of the molecule is Cn1ccnc1CNC(=O)c1ccc2cc(Br)ccc2c1. The Balaban J connectivity index is 1.78. The van der Waals surface area contributed by atoms with Crippen molar-refractivity contribution in [3.8, 4) is 0 Å². The molecule has 3 aromatic rings. The molecule has 0 bridgehead atoms. The van der Waals surface area contributed by atoms with Gasteiger partial charge in [0.15, 0.2) is 0 Å². The Bertz CT molecular complexity index is 810. The first-order chi connectivity index (χ1) is 10.1. The minimum absolute atomic E-state index is 0.0946. The molecule has 2 aromatic carbocycles. The molecule has 0 fully saturated rings. The summed E-state index contributed by atoms with van der Waals surface area (Å²) in [6, 6.07) is 11.7. The van der Waals surface area contributed by atoms with Gasteiger partial charge in [-0.3, -0.25) is 4.79 Å². The van der Waals surface area contributed by atoms with Gasteiger partial charge in [0.25, 0.3) is 5.91 Å². The van der Waals surface area contributed by atoms with Crippen LogP contribution in [0.25, 0.3) is 10.8 Å². The van der Waals surface area contributed by atoms with Gasteiger partial charge >= 0.3 is 0 Å². The van der Waals surface area contributed by atoms with E-state index in [0.717, 1.165) is 21.1 Å². The number of aryl methyl sites for hydroxylation is 1. The number of amides is 1. The molecule has 21 heavy (non-hydrogen) atoms. The van der Waals surface area contributed by atoms with Crippen LogP contribution in [0.5, 0.6) is 0 Å². The molecular formula is C16H14BrN3O. The number of nitrogens with zero attached hydrogens (tertiary/aromatic N) is 2. The van der Waals surface area contributed by atoms with Gasteiger partial charge in [-0.1, -0.05) is 28.1 Å². The van der Waals surface area contributed by atoms with Crippen LogP contribution in [0.2, 0.25) is 0 Å². The van der Waals surface area contributed by atoms with E-state index in [1.54, 1.807) is 6.20 Å². The Labute approximate surface area is 130 Å². The van der Waals surface area contributed by atoms with Crippen molar-refractivity contribution in [2.45, 2.75) is 6.54 Å². The first-order valence-corrected chi connectivity index (χ1v) is 7.36. The van der Waals surface area contributed by atoms with Gasteiger partial charge in [-0.15, -0.1) is 0 Å². The number of fused-ring (bicyclic) bond motifs is 1. The lowest BCUT2D eigenvalue weighted by Crippen LogP contribution is -2.24. The maximum atomic E-state index is 12.2. The van der Waals surface area contributed by atoms with Gasteiger partial charge in [0, 0.05) is 29.5 Å². The zero-order valence-electron chi connectivity index (χ0n) is 11.5. The molecule has 0 saturated carbocycles. The molecule has 1 amide bonds. The fraction of sp³-hybridized carbons (Fsp3) is 0.125. The van der Waals surface area contributed by atoms with Gasteiger partial charge < -0.3 is 9.88 Å². The normalized spacial score (nSPS) is 10.8. The lowest BCUT2D eigenvalue weighted by atomic mass is 10.1. The van der Waals surface area contributed by atoms with Crippen molar-refractivity contribution < 1.29 is 4.79 Å². The van der Waals surface area contributed by atoms with Crippen molar-refractivity contribution in [3.05, 3.63) is 64.7 Å². The van der Waals surface area contributed by atoms with Crippen LogP contribution in [0.15, 0.2) is 53.3 Å². The lowest BCUT2D eigenvalue weighted by Gasteiger charge is -2.07. The smallest absolute Gasteiger partial charge is 0.251 e. The summed E-state index contributed by atoms with van der Waals surface area (Å²) < 4.78 is 2.92. The minimum Gasteiger partial charge on any atom is -0.345 e. The van der Waals surface area contributed by atoms with Crippen molar-refractivity contribution in [1.29, 1.82) is 0 Å². The first-order valence-electron chi connectivity index (χ1n) is 6.57. The molecule has 0 aliphatic carbocycles. The molecule has 1 aromatic heterocycles. The van der Waals surface area contributed by atoms with E-state index in [4.69, 9.17) is 0 Å². The van der Waals surface area contributed by atoms with Gasteiger partial charge in [0.05, 0.1) is 6.54 Å². The summed E-state index contributed by atoms with van der Waals surface area (Å²) in [6.07, 6.45) is 3.57. The third-order valence-electron chi connectivity index (χ3n) is 3.39. The molecule has 0 radical (unpaired) electrons. The summed E-state index contributed by atoms with van der Waals surface area (Å²) in [5, 5.41) is 5.03. The molecule has 0 unspecified atom stereocenters. The predicted molar refractivity (Wildman–Crippen MR) is 86.0 cm³/mol. The zero-order chi connectivity index (χ0) is 14.8. The monoisotopic (exact) mass is 343 g/mol. The number of hydrogen-bond acceptors (Lipinski definition) is 2. The van der Waals surface area contributed by atoms with E-state index in [9.17, 15) is 4.79 Å². The number of halogens is 1. The summed E-state index contributed by atoms with van der Waals surface area (Å²) in [5.41, 5.74) is 0.652. The van der Waals surface area contributed by atoms with E-state index in [1.165, 1.54) is 0 Å². The highest BCUT2D eigenvalue weighted by Gasteiger charge is 2.08. The Morgan fingerprint density at radius 2 is 2.00 bits per heavy atom. The third-order valence-corrected chi connectivity index (χ3v) is 3.89. The standard InChI is InChI=1S/C16H14BrN3O/c1-20-7-6-18-15(20)10-19-16(21)13-3-2-12-9-14(17)5-4-11(12)8-13/h2-9H,10H2,1H3,(H,19,21). The molecule has 0 atom stereocenters. The highest BCUT2D eigenvalue weighted by atomic mass is 79.9. The van der Waals surface area contributed by atoms with Crippen LogP contribution in [0.4, 0.5) is 0 Å². The Morgan fingerprint density at radius 1 is 1.24 bits per heavy atom. The van der Waals surface area contributed by atoms with E-state index in [1.807, 2.05) is 54.2 Å². The number of imidazole rings is 1. The lowest BCUT2D eigenvalue weighted by molar-refractivity contribution is 0.0950. The van der Waals surface area contributed by atoms with E-state index in [2.05, 4.69) is 26.2 Å². The number of hydrogen-bond donors (Lipinski definition) is 1. The minimum atomic E-state index is -0.0946. The second kappa shape index (κ2) is 5.69. The molecule has 0 aliphatic rings. The third kappa shape index (κ3) is 2.97. The van der Waals surface area contributed by atoms with Crippen LogP contribution in [0.3, 0.4) is 0 Å². The van der Waals surface area contributed by atoms with E-state index in [-0.39, 0.29) is 5.91 Å². The number of rotatable bonds is 3. The van der Waals surface area contributed by atoms with Gasteiger partial charge in [0.1, 0.15) is 5.82 Å². The summed E-state index contributed by atoms with van der Waals surface area (Å²) in [7, 11) is 1.91. The van der Waals surface area contributed by atoms with E-state index in [0.29, 0.717) is 12.1 Å². The van der Waals surface area contributed by atoms with Gasteiger partial charge in [-0.25, -0.2) is 4.98 Å². The molecule has 0 aliphatic heterocycles. The van der Waals surface area contributed by atoms with Crippen LogP contribution < -0.4 is 5.32 Å². The zero-order valence-corrected chi connectivity index (χ0v) is 13.1. The van der Waals surface area contributed by atoms with Gasteiger partial charge in [-0.2, -0.15) is 0 Å². The maximum Gasteiger partial charge on any atom is 0.251 e. The molecule has 1 N–H and O–H groups in total. The van der Waals surface area contributed by atoms with Crippen LogP contribution in [-0.4, -0.2) is 15.5 Å². The van der Waals surface area contributed by atoms with E-state index < -0.39 is 0 Å². The topological polar surface area (TPSA) is 46.9 Å². The quantitative estimate of drug-likeness (QED) is 0.793. The fourth-order valence-electron chi connectivity index (χ4n) is 2.19. The van der Waals surface area contributed by atoms with Crippen molar-refractivity contribution in [3.63, 3.8) is 0 Å². The molecule has 5 heteroatoms. The molecule has 0 saturated heterocycles. The van der Waals surface area contributed by atoms with Crippen molar-refractivity contribution in [1.82, 2.24) is 14.9 Å². The fourth-order valence-corrected chi connectivity index (χ4v) is 2.56. The first kappa shape index (κ1) is 13.8. The number of nitrogens with one attached hydrogen (secondary N) is 1. The van der Waals surface area contributed by atoms with Crippen molar-refractivity contribution in [2.75, 3.05) is 0 Å². The maximum absolute atomic E-state index is 12.2. The van der Waals surface area contributed by atoms with Crippen molar-refractivity contribution >= 4 is 32.6 Å². The summed E-state index contributed by atoms with van der Waals surface area (Å²) in [4.78, 5) is 16.4. The van der Waals surface area contributed by atoms with Crippen LogP contribution in [0, 0.1) is 0 Å². The van der Waals surface area contributed by atoms with E-state index >= 15 is 0 Å². The number of aromatic nitrogens is 2. The molecule has 106 valence electrons. The second-order valence-corrected chi connectivity index (χ2v) is 5.76. The highest BCUT2D eigenvalue weighted by molar-refractivity contribution is 9.10. The van der Waals surface area contributed by atoms with Crippen molar-refractivity contribution in [2.24, 2.45) is 7.05 Å². The second-order valence-electron chi connectivity index (χ2n) is 4.84. The number of benzene rings is 2. The van der Waals surface area contributed by atoms with Gasteiger partial charge in [-0.05, 0) is 35.0 Å². The summed E-state index contributed by atoms with van der Waals surface area (Å²) >= 11 is 3.44. The van der Waals surface area contributed by atoms with Gasteiger partial charge in [0.2, 0.25) is 0 Å². The Morgan fingerprint density at radius 3 is 2.76 bits per heavy atom. The van der Waals surface area contributed by atoms with Crippen LogP contribution >= 0.6 is 15.9 Å². The summed E-state index contributed by atoms with van der Waals surface area (Å²) in [5.74, 6) is 0.732. The average molecular weight is 344 g/mol. The number of carbonyl (C=O) groups is 1. The summed E-state index contributed by atoms with van der Waals surface area (Å²) in [6.45, 7) is 0.417. The predicted octanol–water partition coefficient (Wildman–Crippen LogP) is 3.27. The molecule has 0 spiro atoms. The molecule has 3 rings (SSSR count). The van der Waals surface area contributed by atoms with Crippen LogP contribution in [0.1, 0.15) is 16.2 Å².